The summed E-state index contributed by atoms with van der Waals surface area (Å²) in [6.45, 7) is 0. The number of thiazole rings is 1. The number of benzene rings is 2. The summed E-state index contributed by atoms with van der Waals surface area (Å²) in [7, 11) is 1.78. The van der Waals surface area contributed by atoms with E-state index in [1.54, 1.807) is 30.1 Å². The van der Waals surface area contributed by atoms with Gasteiger partial charge in [0.2, 0.25) is 5.91 Å². The second kappa shape index (κ2) is 5.82. The lowest BCUT2D eigenvalue weighted by Crippen LogP contribution is -2.20. The number of carbonyl (C=O) groups excluding carboxylic acids is 1. The van der Waals surface area contributed by atoms with Crippen LogP contribution in [-0.4, -0.2) is 29.0 Å². The minimum absolute atomic E-state index is 0.0941. The molecule has 25 heavy (non-hydrogen) atoms. The number of likely N-dealkylation sites (N-methyl/N-ethyl adjacent to an activating group) is 1. The van der Waals surface area contributed by atoms with Gasteiger partial charge >= 0.3 is 5.97 Å². The number of aromatic nitrogens is 1. The summed E-state index contributed by atoms with van der Waals surface area (Å²) in [5.74, 6) is -0.859. The van der Waals surface area contributed by atoms with Crippen molar-refractivity contribution in [1.29, 1.82) is 0 Å². The van der Waals surface area contributed by atoms with Gasteiger partial charge in [0, 0.05) is 29.2 Å². The van der Waals surface area contributed by atoms with E-state index in [9.17, 15) is 9.59 Å². The van der Waals surface area contributed by atoms with Crippen molar-refractivity contribution >= 4 is 28.9 Å². The van der Waals surface area contributed by atoms with Crippen LogP contribution in [0.25, 0.3) is 21.8 Å². The number of rotatable bonds is 3. The van der Waals surface area contributed by atoms with E-state index in [4.69, 9.17) is 5.11 Å². The van der Waals surface area contributed by atoms with Crippen molar-refractivity contribution in [2.45, 2.75) is 6.42 Å². The molecule has 0 bridgehead atoms. The topological polar surface area (TPSA) is 70.5 Å². The van der Waals surface area contributed by atoms with Crippen LogP contribution in [0.5, 0.6) is 0 Å². The van der Waals surface area contributed by atoms with Gasteiger partial charge in [0.1, 0.15) is 5.01 Å². The quantitative estimate of drug-likeness (QED) is 0.782. The smallest absolute Gasteiger partial charge is 0.335 e. The molecular formula is C19H14N2O3S. The van der Waals surface area contributed by atoms with Crippen molar-refractivity contribution < 1.29 is 14.7 Å². The molecule has 0 saturated carbocycles. The van der Waals surface area contributed by atoms with E-state index < -0.39 is 5.97 Å². The SMILES string of the molecule is CN1C(=O)Cc2cc(-c3csc(-c4cccc(C(=O)O)c4)n3)ccc21. The van der Waals surface area contributed by atoms with Crippen LogP contribution >= 0.6 is 11.3 Å². The third kappa shape index (κ3) is 2.70. The Hall–Kier alpha value is -2.99. The molecule has 1 aromatic heterocycles. The summed E-state index contributed by atoms with van der Waals surface area (Å²) in [6.07, 6.45) is 0.414. The summed E-state index contributed by atoms with van der Waals surface area (Å²) in [6, 6.07) is 12.7. The maximum Gasteiger partial charge on any atom is 0.335 e. The molecule has 0 atom stereocenters. The first-order valence-electron chi connectivity index (χ1n) is 7.72. The summed E-state index contributed by atoms with van der Waals surface area (Å²) in [5, 5.41) is 11.8. The molecule has 0 spiro atoms. The maximum absolute atomic E-state index is 11.8. The van der Waals surface area contributed by atoms with Gasteiger partial charge in [-0.3, -0.25) is 4.79 Å². The average molecular weight is 350 g/mol. The Bertz CT molecular complexity index is 1010. The molecule has 1 aliphatic heterocycles. The van der Waals surface area contributed by atoms with Gasteiger partial charge in [-0.2, -0.15) is 0 Å². The number of amides is 1. The molecule has 0 saturated heterocycles. The van der Waals surface area contributed by atoms with E-state index >= 15 is 0 Å². The average Bonchev–Trinajstić information content (AvgIpc) is 3.20. The van der Waals surface area contributed by atoms with E-state index in [-0.39, 0.29) is 11.5 Å². The predicted molar refractivity (Wildman–Crippen MR) is 97.1 cm³/mol. The number of fused-ring (bicyclic) bond motifs is 1. The van der Waals surface area contributed by atoms with Crippen LogP contribution in [0.15, 0.2) is 47.8 Å². The van der Waals surface area contributed by atoms with E-state index in [2.05, 4.69) is 4.98 Å². The zero-order chi connectivity index (χ0) is 17.6. The number of hydrogen-bond donors (Lipinski definition) is 1. The van der Waals surface area contributed by atoms with Crippen LogP contribution in [0, 0.1) is 0 Å². The minimum atomic E-state index is -0.953. The second-order valence-electron chi connectivity index (χ2n) is 5.90. The van der Waals surface area contributed by atoms with Crippen LogP contribution in [0.2, 0.25) is 0 Å². The molecule has 2 aromatic carbocycles. The first-order chi connectivity index (χ1) is 12.0. The van der Waals surface area contributed by atoms with Crippen LogP contribution in [0.3, 0.4) is 0 Å². The number of carboxylic acids is 1. The molecule has 0 unspecified atom stereocenters. The Morgan fingerprint density at radius 1 is 1.20 bits per heavy atom. The molecule has 1 N–H and O–H groups in total. The highest BCUT2D eigenvalue weighted by atomic mass is 32.1. The highest BCUT2D eigenvalue weighted by molar-refractivity contribution is 7.13. The Morgan fingerprint density at radius 3 is 2.84 bits per heavy atom. The zero-order valence-corrected chi connectivity index (χ0v) is 14.2. The predicted octanol–water partition coefficient (Wildman–Crippen LogP) is 3.69. The van der Waals surface area contributed by atoms with E-state index in [0.717, 1.165) is 33.1 Å². The number of anilines is 1. The Labute approximate surface area is 148 Å². The van der Waals surface area contributed by atoms with E-state index in [0.29, 0.717) is 6.42 Å². The molecular weight excluding hydrogens is 336 g/mol. The molecule has 0 radical (unpaired) electrons. The fourth-order valence-electron chi connectivity index (χ4n) is 2.95. The van der Waals surface area contributed by atoms with Crippen LogP contribution < -0.4 is 4.90 Å². The summed E-state index contributed by atoms with van der Waals surface area (Å²) in [4.78, 5) is 29.3. The summed E-state index contributed by atoms with van der Waals surface area (Å²) >= 11 is 1.47. The maximum atomic E-state index is 11.8. The number of nitrogens with zero attached hydrogens (tertiary/aromatic N) is 2. The van der Waals surface area contributed by atoms with Crippen LogP contribution in [-0.2, 0) is 11.2 Å². The van der Waals surface area contributed by atoms with Crippen molar-refractivity contribution in [1.82, 2.24) is 4.98 Å². The van der Waals surface area contributed by atoms with E-state index in [1.165, 1.54) is 11.3 Å². The number of hydrogen-bond acceptors (Lipinski definition) is 4. The molecule has 3 aromatic rings. The van der Waals surface area contributed by atoms with Gasteiger partial charge in [0.25, 0.3) is 0 Å². The van der Waals surface area contributed by atoms with Crippen LogP contribution in [0.1, 0.15) is 15.9 Å². The Kier molecular flexibility index (Phi) is 3.62. The van der Waals surface area contributed by atoms with Crippen molar-refractivity contribution in [3.05, 3.63) is 59.0 Å². The normalized spacial score (nSPS) is 13.2. The van der Waals surface area contributed by atoms with Crippen molar-refractivity contribution in [3.63, 3.8) is 0 Å². The molecule has 2 heterocycles. The molecule has 1 amide bonds. The fraction of sp³-hybridized carbons (Fsp3) is 0.105. The van der Waals surface area contributed by atoms with Crippen molar-refractivity contribution in [3.8, 4) is 21.8 Å². The molecule has 4 rings (SSSR count). The van der Waals surface area contributed by atoms with Gasteiger partial charge in [0.15, 0.2) is 0 Å². The molecule has 0 fully saturated rings. The summed E-state index contributed by atoms with van der Waals surface area (Å²) in [5.41, 5.74) is 4.76. The second-order valence-corrected chi connectivity index (χ2v) is 6.75. The lowest BCUT2D eigenvalue weighted by atomic mass is 10.1. The fourth-order valence-corrected chi connectivity index (χ4v) is 3.78. The molecule has 1 aliphatic rings. The Balaban J connectivity index is 1.69. The standard InChI is InChI=1S/C19H14N2O3S/c1-21-16-6-5-11(7-14(16)9-17(21)22)15-10-25-18(20-15)12-3-2-4-13(8-12)19(23)24/h2-8,10H,9H2,1H3,(H,23,24). The van der Waals surface area contributed by atoms with Gasteiger partial charge in [-0.1, -0.05) is 18.2 Å². The molecule has 124 valence electrons. The largest absolute Gasteiger partial charge is 0.478 e. The first kappa shape index (κ1) is 15.5. The number of aromatic carboxylic acids is 1. The summed E-state index contributed by atoms with van der Waals surface area (Å²) < 4.78 is 0. The highest BCUT2D eigenvalue weighted by Crippen LogP contribution is 2.34. The van der Waals surface area contributed by atoms with E-state index in [1.807, 2.05) is 29.6 Å². The van der Waals surface area contributed by atoms with Gasteiger partial charge in [-0.25, -0.2) is 9.78 Å². The van der Waals surface area contributed by atoms with Gasteiger partial charge in [-0.15, -0.1) is 11.3 Å². The molecule has 0 aliphatic carbocycles. The third-order valence-corrected chi connectivity index (χ3v) is 5.20. The lowest BCUT2D eigenvalue weighted by Gasteiger charge is -2.09. The Morgan fingerprint density at radius 2 is 2.04 bits per heavy atom. The van der Waals surface area contributed by atoms with Gasteiger partial charge < -0.3 is 10.0 Å². The monoisotopic (exact) mass is 350 g/mol. The van der Waals surface area contributed by atoms with Crippen LogP contribution in [0.4, 0.5) is 5.69 Å². The number of carboxylic acid groups (broad SMARTS) is 1. The number of carbonyl (C=O) groups is 2. The van der Waals surface area contributed by atoms with Gasteiger partial charge in [-0.05, 0) is 29.8 Å². The lowest BCUT2D eigenvalue weighted by molar-refractivity contribution is -0.117. The molecule has 6 heteroatoms. The van der Waals surface area contributed by atoms with Crippen molar-refractivity contribution in [2.24, 2.45) is 0 Å². The minimum Gasteiger partial charge on any atom is -0.478 e. The zero-order valence-electron chi connectivity index (χ0n) is 13.4. The van der Waals surface area contributed by atoms with Crippen molar-refractivity contribution in [2.75, 3.05) is 11.9 Å². The highest BCUT2D eigenvalue weighted by Gasteiger charge is 2.24. The third-order valence-electron chi connectivity index (χ3n) is 4.31. The van der Waals surface area contributed by atoms with Gasteiger partial charge in [0.05, 0.1) is 17.7 Å². The molecule has 5 nitrogen and oxygen atoms in total. The first-order valence-corrected chi connectivity index (χ1v) is 8.60.